The predicted molar refractivity (Wildman–Crippen MR) is 110 cm³/mol. The first-order valence-electron chi connectivity index (χ1n) is 9.83. The summed E-state index contributed by atoms with van der Waals surface area (Å²) in [5.74, 6) is -0.651. The molecular formula is C20H27N3O5S. The monoisotopic (exact) mass is 421 g/mol. The van der Waals surface area contributed by atoms with Gasteiger partial charge in [-0.15, -0.1) is 0 Å². The zero-order chi connectivity index (χ0) is 21.2. The summed E-state index contributed by atoms with van der Waals surface area (Å²) in [6.07, 6.45) is 0.963. The van der Waals surface area contributed by atoms with Gasteiger partial charge in [0.1, 0.15) is 0 Å². The van der Waals surface area contributed by atoms with Crippen molar-refractivity contribution >= 4 is 38.9 Å². The van der Waals surface area contributed by atoms with E-state index in [9.17, 15) is 22.8 Å². The molecule has 0 spiro atoms. The van der Waals surface area contributed by atoms with Gasteiger partial charge in [0.05, 0.1) is 17.4 Å². The van der Waals surface area contributed by atoms with Crippen molar-refractivity contribution in [1.29, 1.82) is 0 Å². The summed E-state index contributed by atoms with van der Waals surface area (Å²) in [4.78, 5) is 38.2. The third-order valence-electron chi connectivity index (χ3n) is 5.21. The molecule has 0 radical (unpaired) electrons. The highest BCUT2D eigenvalue weighted by molar-refractivity contribution is 7.91. The Hall–Kier alpha value is -2.42. The van der Waals surface area contributed by atoms with Crippen molar-refractivity contribution in [2.45, 2.75) is 39.2 Å². The molecule has 0 unspecified atom stereocenters. The zero-order valence-corrected chi connectivity index (χ0v) is 17.5. The van der Waals surface area contributed by atoms with E-state index < -0.39 is 15.8 Å². The number of hydrogen-bond acceptors (Lipinski definition) is 5. The van der Waals surface area contributed by atoms with Gasteiger partial charge in [-0.05, 0) is 36.6 Å². The Bertz CT molecular complexity index is 895. The van der Waals surface area contributed by atoms with Crippen LogP contribution in [0.3, 0.4) is 0 Å². The van der Waals surface area contributed by atoms with Crippen LogP contribution in [-0.2, 0) is 24.2 Å². The number of benzene rings is 1. The summed E-state index contributed by atoms with van der Waals surface area (Å²) in [6.45, 7) is 4.19. The Kier molecular flexibility index (Phi) is 6.26. The lowest BCUT2D eigenvalue weighted by molar-refractivity contribution is -0.129. The lowest BCUT2D eigenvalue weighted by Crippen LogP contribution is -2.38. The smallest absolute Gasteiger partial charge is 0.229 e. The van der Waals surface area contributed by atoms with Crippen molar-refractivity contribution in [2.75, 3.05) is 28.7 Å². The normalized spacial score (nSPS) is 23.4. The summed E-state index contributed by atoms with van der Waals surface area (Å²) in [5.41, 5.74) is 1.23. The van der Waals surface area contributed by atoms with Gasteiger partial charge >= 0.3 is 0 Å². The molecule has 3 rings (SSSR count). The molecule has 0 aromatic heterocycles. The topological polar surface area (TPSA) is 113 Å². The van der Waals surface area contributed by atoms with E-state index in [0.29, 0.717) is 24.2 Å². The van der Waals surface area contributed by atoms with Crippen LogP contribution in [0.15, 0.2) is 24.3 Å². The Morgan fingerprint density at radius 1 is 1.14 bits per heavy atom. The number of amides is 3. The van der Waals surface area contributed by atoms with Crippen LogP contribution in [0.5, 0.6) is 0 Å². The van der Waals surface area contributed by atoms with E-state index in [0.717, 1.165) is 0 Å². The second kappa shape index (κ2) is 8.52. The predicted octanol–water partition coefficient (Wildman–Crippen LogP) is 1.65. The van der Waals surface area contributed by atoms with Crippen LogP contribution in [0.4, 0.5) is 11.4 Å². The first kappa shape index (κ1) is 21.3. The maximum atomic E-state index is 12.6. The van der Waals surface area contributed by atoms with Gasteiger partial charge in [0, 0.05) is 36.8 Å². The highest BCUT2D eigenvalue weighted by Gasteiger charge is 2.41. The van der Waals surface area contributed by atoms with Crippen molar-refractivity contribution in [3.63, 3.8) is 0 Å². The second-order valence-corrected chi connectivity index (χ2v) is 10.4. The summed E-state index contributed by atoms with van der Waals surface area (Å²) >= 11 is 0. The summed E-state index contributed by atoms with van der Waals surface area (Å²) in [6, 6.07) is 6.49. The molecular weight excluding hydrogens is 394 g/mol. The minimum absolute atomic E-state index is 0.0168. The van der Waals surface area contributed by atoms with E-state index in [4.69, 9.17) is 0 Å². The standard InChI is InChI=1S/C20H27N3O5S/c1-13(2)9-18(24)21-15-3-5-16(6-4-15)22-20(26)14-10-19(25)23(11-14)17-7-8-29(27,28)12-17/h3-6,13-14,17H,7-12H2,1-2H3,(H,21,24)(H,22,26)/t14-,17-/m1/s1. The number of carbonyl (C=O) groups is 3. The molecule has 2 aliphatic rings. The van der Waals surface area contributed by atoms with Crippen molar-refractivity contribution in [3.05, 3.63) is 24.3 Å². The van der Waals surface area contributed by atoms with Gasteiger partial charge in [0.25, 0.3) is 0 Å². The summed E-state index contributed by atoms with van der Waals surface area (Å²) in [5, 5.41) is 5.60. The Labute approximate surface area is 170 Å². The number of carbonyl (C=O) groups excluding carboxylic acids is 3. The first-order valence-corrected chi connectivity index (χ1v) is 11.7. The molecule has 2 saturated heterocycles. The third-order valence-corrected chi connectivity index (χ3v) is 6.96. The second-order valence-electron chi connectivity index (χ2n) is 8.22. The van der Waals surface area contributed by atoms with Gasteiger partial charge in [-0.1, -0.05) is 13.8 Å². The largest absolute Gasteiger partial charge is 0.338 e. The molecule has 0 aliphatic carbocycles. The Morgan fingerprint density at radius 3 is 2.31 bits per heavy atom. The van der Waals surface area contributed by atoms with Gasteiger partial charge in [-0.3, -0.25) is 14.4 Å². The number of nitrogens with one attached hydrogen (secondary N) is 2. The molecule has 2 N–H and O–H groups in total. The van der Waals surface area contributed by atoms with E-state index in [1.807, 2.05) is 13.8 Å². The Balaban J connectivity index is 1.54. The van der Waals surface area contributed by atoms with Gasteiger partial charge in [-0.2, -0.15) is 0 Å². The number of rotatable bonds is 6. The molecule has 8 nitrogen and oxygen atoms in total. The van der Waals surface area contributed by atoms with E-state index in [1.165, 1.54) is 0 Å². The quantitative estimate of drug-likeness (QED) is 0.725. The molecule has 2 aliphatic heterocycles. The SMILES string of the molecule is CC(C)CC(=O)Nc1ccc(NC(=O)[C@@H]2CC(=O)N([C@@H]3CCS(=O)(=O)C3)C2)cc1. The highest BCUT2D eigenvalue weighted by atomic mass is 32.2. The van der Waals surface area contributed by atoms with E-state index in [2.05, 4.69) is 10.6 Å². The number of nitrogens with zero attached hydrogens (tertiary/aromatic N) is 1. The highest BCUT2D eigenvalue weighted by Crippen LogP contribution is 2.27. The lowest BCUT2D eigenvalue weighted by atomic mass is 10.1. The van der Waals surface area contributed by atoms with Crippen molar-refractivity contribution < 1.29 is 22.8 Å². The van der Waals surface area contributed by atoms with Crippen LogP contribution in [0.1, 0.15) is 33.1 Å². The molecule has 1 aromatic rings. The Morgan fingerprint density at radius 2 is 1.76 bits per heavy atom. The summed E-state index contributed by atoms with van der Waals surface area (Å²) in [7, 11) is -3.09. The fourth-order valence-corrected chi connectivity index (χ4v) is 5.48. The maximum Gasteiger partial charge on any atom is 0.229 e. The van der Waals surface area contributed by atoms with Crippen molar-refractivity contribution in [1.82, 2.24) is 4.90 Å². The van der Waals surface area contributed by atoms with Crippen LogP contribution < -0.4 is 10.6 Å². The van der Waals surface area contributed by atoms with Crippen molar-refractivity contribution in [3.8, 4) is 0 Å². The van der Waals surface area contributed by atoms with E-state index in [1.54, 1.807) is 29.2 Å². The number of anilines is 2. The molecule has 158 valence electrons. The summed E-state index contributed by atoms with van der Waals surface area (Å²) < 4.78 is 23.3. The van der Waals surface area contributed by atoms with Crippen LogP contribution in [0.2, 0.25) is 0 Å². The zero-order valence-electron chi connectivity index (χ0n) is 16.7. The average Bonchev–Trinajstić information content (AvgIpc) is 3.18. The number of sulfone groups is 1. The molecule has 0 bridgehead atoms. The lowest BCUT2D eigenvalue weighted by Gasteiger charge is -2.22. The van der Waals surface area contributed by atoms with Gasteiger partial charge in [-0.25, -0.2) is 8.42 Å². The van der Waals surface area contributed by atoms with Gasteiger partial charge < -0.3 is 15.5 Å². The fraction of sp³-hybridized carbons (Fsp3) is 0.550. The third kappa shape index (κ3) is 5.56. The van der Waals surface area contributed by atoms with Gasteiger partial charge in [0.15, 0.2) is 9.84 Å². The molecule has 2 atom stereocenters. The number of hydrogen-bond donors (Lipinski definition) is 2. The first-order chi connectivity index (χ1) is 13.6. The molecule has 2 heterocycles. The minimum Gasteiger partial charge on any atom is -0.338 e. The van der Waals surface area contributed by atoms with Crippen LogP contribution in [-0.4, -0.2) is 55.1 Å². The van der Waals surface area contributed by atoms with E-state index in [-0.39, 0.29) is 54.2 Å². The molecule has 3 amide bonds. The fourth-order valence-electron chi connectivity index (χ4n) is 3.75. The molecule has 9 heteroatoms. The van der Waals surface area contributed by atoms with Crippen LogP contribution in [0, 0.1) is 11.8 Å². The molecule has 29 heavy (non-hydrogen) atoms. The average molecular weight is 422 g/mol. The molecule has 2 fully saturated rings. The minimum atomic E-state index is -3.09. The van der Waals surface area contributed by atoms with E-state index >= 15 is 0 Å². The van der Waals surface area contributed by atoms with Crippen molar-refractivity contribution in [2.24, 2.45) is 11.8 Å². The number of likely N-dealkylation sites (tertiary alicyclic amines) is 1. The molecule has 1 aromatic carbocycles. The maximum absolute atomic E-state index is 12.6. The molecule has 0 saturated carbocycles. The van der Waals surface area contributed by atoms with Crippen LogP contribution >= 0.6 is 0 Å². The van der Waals surface area contributed by atoms with Gasteiger partial charge in [0.2, 0.25) is 17.7 Å². The van der Waals surface area contributed by atoms with Crippen LogP contribution in [0.25, 0.3) is 0 Å².